The fourth-order valence-corrected chi connectivity index (χ4v) is 2.61. The van der Waals surface area contributed by atoms with Crippen LogP contribution in [0, 0.1) is 10.1 Å². The molecule has 1 aliphatic rings. The number of non-ortho nitro benzene ring substituents is 1. The average molecular weight is 303 g/mol. The Kier molecular flexibility index (Phi) is 3.35. The second kappa shape index (κ2) is 5.18. The quantitative estimate of drug-likeness (QED) is 0.672. The van der Waals surface area contributed by atoms with Crippen molar-refractivity contribution in [3.63, 3.8) is 0 Å². The van der Waals surface area contributed by atoms with Crippen molar-refractivity contribution < 1.29 is 9.72 Å². The summed E-state index contributed by atoms with van der Waals surface area (Å²) in [6.07, 6.45) is 0.297. The number of nitrogens with zero attached hydrogens (tertiary/aromatic N) is 1. The molecule has 1 N–H and O–H groups in total. The Morgan fingerprint density at radius 3 is 2.57 bits per heavy atom. The monoisotopic (exact) mass is 302 g/mol. The number of halogens is 1. The molecule has 0 saturated heterocycles. The number of rotatable bonds is 2. The zero-order chi connectivity index (χ0) is 15.0. The van der Waals surface area contributed by atoms with E-state index in [1.807, 2.05) is 0 Å². The summed E-state index contributed by atoms with van der Waals surface area (Å²) in [5.74, 6) is 0.00889. The van der Waals surface area contributed by atoms with Crippen LogP contribution in [0.1, 0.15) is 28.4 Å². The van der Waals surface area contributed by atoms with Gasteiger partial charge in [-0.05, 0) is 23.8 Å². The van der Waals surface area contributed by atoms with Crippen molar-refractivity contribution in [1.82, 2.24) is 0 Å². The van der Waals surface area contributed by atoms with Gasteiger partial charge in [-0.3, -0.25) is 14.9 Å². The van der Waals surface area contributed by atoms with Crippen LogP contribution in [0.2, 0.25) is 5.02 Å². The minimum absolute atomic E-state index is 0.00889. The largest absolute Gasteiger partial charge is 0.377 e. The van der Waals surface area contributed by atoms with E-state index in [1.54, 1.807) is 30.3 Å². The highest BCUT2D eigenvalue weighted by Gasteiger charge is 2.26. The van der Waals surface area contributed by atoms with Crippen molar-refractivity contribution in [1.29, 1.82) is 0 Å². The number of hydrogen-bond acceptors (Lipinski definition) is 4. The lowest BCUT2D eigenvalue weighted by Crippen LogP contribution is -2.22. The molecule has 21 heavy (non-hydrogen) atoms. The zero-order valence-electron chi connectivity index (χ0n) is 10.9. The summed E-state index contributed by atoms with van der Waals surface area (Å²) in [6.45, 7) is 0. The van der Waals surface area contributed by atoms with Crippen molar-refractivity contribution in [3.05, 3.63) is 68.7 Å². The third kappa shape index (κ3) is 2.60. The zero-order valence-corrected chi connectivity index (χ0v) is 11.6. The minimum Gasteiger partial charge on any atom is -0.377 e. The Bertz CT molecular complexity index is 728. The highest BCUT2D eigenvalue weighted by molar-refractivity contribution is 6.31. The summed E-state index contributed by atoms with van der Waals surface area (Å²) in [5.41, 5.74) is 2.20. The number of carbonyl (C=O) groups is 1. The lowest BCUT2D eigenvalue weighted by Gasteiger charge is -2.26. The van der Waals surface area contributed by atoms with Gasteiger partial charge in [0.05, 0.1) is 11.0 Å². The van der Waals surface area contributed by atoms with Gasteiger partial charge >= 0.3 is 0 Å². The molecule has 1 aliphatic heterocycles. The maximum atomic E-state index is 12.2. The molecule has 0 radical (unpaired) electrons. The first-order chi connectivity index (χ1) is 10.0. The molecule has 1 atom stereocenters. The number of Topliss-reactive ketones (excluding diaryl/α,β-unsaturated/α-hetero) is 1. The molecule has 0 aliphatic carbocycles. The average Bonchev–Trinajstić information content (AvgIpc) is 2.48. The molecule has 0 fully saturated rings. The molecule has 0 amide bonds. The van der Waals surface area contributed by atoms with Crippen LogP contribution in [0.3, 0.4) is 0 Å². The van der Waals surface area contributed by atoms with Crippen molar-refractivity contribution >= 4 is 28.8 Å². The van der Waals surface area contributed by atoms with Crippen LogP contribution in [-0.2, 0) is 0 Å². The number of carbonyl (C=O) groups excluding carboxylic acids is 1. The van der Waals surface area contributed by atoms with Gasteiger partial charge in [0, 0.05) is 34.8 Å². The standard InChI is InChI=1S/C15H11ClN2O3/c16-10-3-6-13-12(7-10)15(19)8-14(17-13)9-1-4-11(5-2-9)18(20)21/h1-7,14,17H,8H2. The predicted molar refractivity (Wildman–Crippen MR) is 79.9 cm³/mol. The molecule has 0 spiro atoms. The number of nitro benzene ring substituents is 1. The van der Waals surface area contributed by atoms with Crippen LogP contribution in [0.25, 0.3) is 0 Å². The summed E-state index contributed by atoms with van der Waals surface area (Å²) in [5, 5.41) is 14.5. The van der Waals surface area contributed by atoms with E-state index in [1.165, 1.54) is 12.1 Å². The SMILES string of the molecule is O=C1CC(c2ccc([N+](=O)[O-])cc2)Nc2ccc(Cl)cc21. The van der Waals surface area contributed by atoms with E-state index in [0.717, 1.165) is 11.3 Å². The van der Waals surface area contributed by atoms with E-state index in [2.05, 4.69) is 5.32 Å². The predicted octanol–water partition coefficient (Wildman–Crippen LogP) is 3.99. The highest BCUT2D eigenvalue weighted by Crippen LogP contribution is 2.34. The number of hydrogen-bond donors (Lipinski definition) is 1. The topological polar surface area (TPSA) is 72.2 Å². The number of fused-ring (bicyclic) bond motifs is 1. The normalized spacial score (nSPS) is 17.0. The van der Waals surface area contributed by atoms with Crippen LogP contribution in [0.15, 0.2) is 42.5 Å². The Hall–Kier alpha value is -2.40. The van der Waals surface area contributed by atoms with Gasteiger partial charge in [-0.25, -0.2) is 0 Å². The van der Waals surface area contributed by atoms with E-state index >= 15 is 0 Å². The molecule has 106 valence electrons. The van der Waals surface area contributed by atoms with Gasteiger partial charge in [0.1, 0.15) is 0 Å². The lowest BCUT2D eigenvalue weighted by molar-refractivity contribution is -0.384. The molecule has 3 rings (SSSR count). The number of nitrogens with one attached hydrogen (secondary N) is 1. The van der Waals surface area contributed by atoms with E-state index < -0.39 is 4.92 Å². The molecule has 1 heterocycles. The molecular formula is C15H11ClN2O3. The summed E-state index contributed by atoms with van der Waals surface area (Å²) >= 11 is 5.90. The van der Waals surface area contributed by atoms with Crippen molar-refractivity contribution in [2.24, 2.45) is 0 Å². The van der Waals surface area contributed by atoms with E-state index in [9.17, 15) is 14.9 Å². The summed E-state index contributed by atoms with van der Waals surface area (Å²) in [6, 6.07) is 11.2. The summed E-state index contributed by atoms with van der Waals surface area (Å²) in [7, 11) is 0. The third-order valence-electron chi connectivity index (χ3n) is 3.51. The van der Waals surface area contributed by atoms with Crippen LogP contribution >= 0.6 is 11.6 Å². The van der Waals surface area contributed by atoms with Crippen LogP contribution in [0.4, 0.5) is 11.4 Å². The maximum absolute atomic E-state index is 12.2. The number of ketones is 1. The Morgan fingerprint density at radius 1 is 1.19 bits per heavy atom. The van der Waals surface area contributed by atoms with Gasteiger partial charge in [0.2, 0.25) is 0 Å². The van der Waals surface area contributed by atoms with E-state index in [4.69, 9.17) is 11.6 Å². The minimum atomic E-state index is -0.444. The first-order valence-corrected chi connectivity index (χ1v) is 6.76. The molecule has 5 nitrogen and oxygen atoms in total. The molecule has 0 aromatic heterocycles. The summed E-state index contributed by atoms with van der Waals surface area (Å²) in [4.78, 5) is 22.4. The van der Waals surface area contributed by atoms with Crippen molar-refractivity contribution in [3.8, 4) is 0 Å². The fraction of sp³-hybridized carbons (Fsp3) is 0.133. The van der Waals surface area contributed by atoms with Gasteiger partial charge in [-0.1, -0.05) is 23.7 Å². The summed E-state index contributed by atoms with van der Waals surface area (Å²) < 4.78 is 0. The van der Waals surface area contributed by atoms with E-state index in [-0.39, 0.29) is 17.5 Å². The fourth-order valence-electron chi connectivity index (χ4n) is 2.44. The number of nitro groups is 1. The second-order valence-electron chi connectivity index (χ2n) is 4.86. The number of benzene rings is 2. The molecular weight excluding hydrogens is 292 g/mol. The van der Waals surface area contributed by atoms with Gasteiger partial charge in [-0.15, -0.1) is 0 Å². The van der Waals surface area contributed by atoms with Crippen molar-refractivity contribution in [2.45, 2.75) is 12.5 Å². The van der Waals surface area contributed by atoms with Gasteiger partial charge in [-0.2, -0.15) is 0 Å². The number of anilines is 1. The Morgan fingerprint density at radius 2 is 1.90 bits per heavy atom. The van der Waals surface area contributed by atoms with Crippen LogP contribution in [-0.4, -0.2) is 10.7 Å². The van der Waals surface area contributed by atoms with Crippen molar-refractivity contribution in [2.75, 3.05) is 5.32 Å². The van der Waals surface area contributed by atoms with Crippen LogP contribution < -0.4 is 5.32 Å². The third-order valence-corrected chi connectivity index (χ3v) is 3.74. The lowest BCUT2D eigenvalue weighted by atomic mass is 9.92. The molecule has 6 heteroatoms. The molecule has 0 saturated carbocycles. The first kappa shape index (κ1) is 13.6. The Balaban J connectivity index is 1.90. The molecule has 2 aromatic carbocycles. The smallest absolute Gasteiger partial charge is 0.269 e. The van der Waals surface area contributed by atoms with Gasteiger partial charge in [0.25, 0.3) is 5.69 Å². The van der Waals surface area contributed by atoms with E-state index in [0.29, 0.717) is 17.0 Å². The Labute approximate surface area is 125 Å². The second-order valence-corrected chi connectivity index (χ2v) is 5.30. The molecule has 0 bridgehead atoms. The maximum Gasteiger partial charge on any atom is 0.269 e. The first-order valence-electron chi connectivity index (χ1n) is 6.38. The molecule has 2 aromatic rings. The van der Waals surface area contributed by atoms with Gasteiger partial charge < -0.3 is 5.32 Å². The van der Waals surface area contributed by atoms with Crippen LogP contribution in [0.5, 0.6) is 0 Å². The highest BCUT2D eigenvalue weighted by atomic mass is 35.5. The molecule has 1 unspecified atom stereocenters. The van der Waals surface area contributed by atoms with Gasteiger partial charge in [0.15, 0.2) is 5.78 Å².